The fourth-order valence-corrected chi connectivity index (χ4v) is 1.57. The van der Waals surface area contributed by atoms with Crippen LogP contribution in [0.1, 0.15) is 20.3 Å². The SMILES string of the molecule is CC(=O)N1C(=O)C(C)NC(=O)C1CC(=O)O. The minimum atomic E-state index is -1.25. The Balaban J connectivity index is 3.01. The molecule has 7 nitrogen and oxygen atoms in total. The van der Waals surface area contributed by atoms with E-state index in [-0.39, 0.29) is 0 Å². The highest BCUT2D eigenvalue weighted by Gasteiger charge is 2.41. The van der Waals surface area contributed by atoms with Crippen LogP contribution in [0, 0.1) is 0 Å². The lowest BCUT2D eigenvalue weighted by molar-refractivity contribution is -0.159. The van der Waals surface area contributed by atoms with Crippen molar-refractivity contribution in [1.82, 2.24) is 10.2 Å². The van der Waals surface area contributed by atoms with Crippen molar-refractivity contribution in [3.05, 3.63) is 0 Å². The van der Waals surface area contributed by atoms with Crippen LogP contribution < -0.4 is 5.32 Å². The molecule has 0 aromatic rings. The first kappa shape index (κ1) is 12.2. The lowest BCUT2D eigenvalue weighted by atomic mass is 10.1. The molecule has 0 aromatic heterocycles. The summed E-state index contributed by atoms with van der Waals surface area (Å²) in [7, 11) is 0. The molecule has 1 rings (SSSR count). The number of carboxylic acids is 1. The first-order chi connectivity index (χ1) is 7.34. The van der Waals surface area contributed by atoms with E-state index in [0.29, 0.717) is 4.90 Å². The smallest absolute Gasteiger partial charge is 0.306 e. The van der Waals surface area contributed by atoms with Crippen molar-refractivity contribution in [1.29, 1.82) is 0 Å². The average Bonchev–Trinajstić information content (AvgIpc) is 2.13. The molecular formula is C9H12N2O5. The number of imide groups is 1. The van der Waals surface area contributed by atoms with Crippen LogP contribution in [0.25, 0.3) is 0 Å². The number of rotatable bonds is 2. The number of carbonyl (C=O) groups excluding carboxylic acids is 3. The Bertz CT molecular complexity index is 365. The highest BCUT2D eigenvalue weighted by Crippen LogP contribution is 2.13. The second-order valence-electron chi connectivity index (χ2n) is 3.57. The molecule has 2 atom stereocenters. The summed E-state index contributed by atoms with van der Waals surface area (Å²) >= 11 is 0. The Morgan fingerprint density at radius 3 is 2.44 bits per heavy atom. The number of piperazine rings is 1. The monoisotopic (exact) mass is 228 g/mol. The van der Waals surface area contributed by atoms with Gasteiger partial charge in [-0.3, -0.25) is 24.1 Å². The number of hydrogen-bond donors (Lipinski definition) is 2. The van der Waals surface area contributed by atoms with E-state index in [2.05, 4.69) is 5.32 Å². The van der Waals surface area contributed by atoms with Crippen molar-refractivity contribution >= 4 is 23.7 Å². The van der Waals surface area contributed by atoms with E-state index >= 15 is 0 Å². The lowest BCUT2D eigenvalue weighted by Gasteiger charge is -2.34. The Kier molecular flexibility index (Phi) is 3.26. The van der Waals surface area contributed by atoms with Crippen molar-refractivity contribution in [3.63, 3.8) is 0 Å². The van der Waals surface area contributed by atoms with E-state index < -0.39 is 42.2 Å². The van der Waals surface area contributed by atoms with Gasteiger partial charge in [0.15, 0.2) is 0 Å². The zero-order valence-electron chi connectivity index (χ0n) is 8.89. The predicted octanol–water partition coefficient (Wildman–Crippen LogP) is -1.28. The quantitative estimate of drug-likeness (QED) is 0.612. The van der Waals surface area contributed by atoms with Gasteiger partial charge in [-0.05, 0) is 6.92 Å². The molecular weight excluding hydrogens is 216 g/mol. The van der Waals surface area contributed by atoms with E-state index in [0.717, 1.165) is 6.92 Å². The third-order valence-electron chi connectivity index (χ3n) is 2.29. The Labute approximate surface area is 91.4 Å². The number of nitrogens with one attached hydrogen (secondary N) is 1. The van der Waals surface area contributed by atoms with E-state index in [1.807, 2.05) is 0 Å². The van der Waals surface area contributed by atoms with Crippen molar-refractivity contribution in [3.8, 4) is 0 Å². The number of carbonyl (C=O) groups is 4. The number of amides is 3. The maximum atomic E-state index is 11.6. The van der Waals surface area contributed by atoms with Gasteiger partial charge in [0.1, 0.15) is 12.1 Å². The standard InChI is InChI=1S/C9H12N2O5/c1-4-9(16)11(5(2)12)6(3-7(13)14)8(15)10-4/h4,6H,3H2,1-2H3,(H,10,15)(H,13,14). The third-order valence-corrected chi connectivity index (χ3v) is 2.29. The van der Waals surface area contributed by atoms with Crippen molar-refractivity contribution in [2.75, 3.05) is 0 Å². The second kappa shape index (κ2) is 4.30. The van der Waals surface area contributed by atoms with Gasteiger partial charge in [-0.15, -0.1) is 0 Å². The summed E-state index contributed by atoms with van der Waals surface area (Å²) in [5, 5.41) is 10.9. The summed E-state index contributed by atoms with van der Waals surface area (Å²) in [6, 6.07) is -2.06. The van der Waals surface area contributed by atoms with Crippen LogP contribution in [-0.2, 0) is 19.2 Å². The van der Waals surface area contributed by atoms with Crippen LogP contribution in [0.15, 0.2) is 0 Å². The zero-order valence-corrected chi connectivity index (χ0v) is 8.89. The van der Waals surface area contributed by atoms with Crippen LogP contribution >= 0.6 is 0 Å². The van der Waals surface area contributed by atoms with Gasteiger partial charge in [-0.2, -0.15) is 0 Å². The molecule has 1 heterocycles. The van der Waals surface area contributed by atoms with Gasteiger partial charge in [0, 0.05) is 6.92 Å². The number of carboxylic acid groups (broad SMARTS) is 1. The van der Waals surface area contributed by atoms with Gasteiger partial charge < -0.3 is 10.4 Å². The molecule has 0 saturated carbocycles. The summed E-state index contributed by atoms with van der Waals surface area (Å²) in [5.41, 5.74) is 0. The molecule has 1 aliphatic rings. The van der Waals surface area contributed by atoms with Crippen LogP contribution in [0.3, 0.4) is 0 Å². The largest absolute Gasteiger partial charge is 0.481 e. The first-order valence-corrected chi connectivity index (χ1v) is 4.70. The van der Waals surface area contributed by atoms with Gasteiger partial charge >= 0.3 is 5.97 Å². The molecule has 2 unspecified atom stereocenters. The molecule has 1 fully saturated rings. The molecule has 7 heteroatoms. The van der Waals surface area contributed by atoms with E-state index in [1.165, 1.54) is 6.92 Å². The topological polar surface area (TPSA) is 104 Å². The van der Waals surface area contributed by atoms with Crippen LogP contribution in [0.5, 0.6) is 0 Å². The molecule has 0 radical (unpaired) electrons. The van der Waals surface area contributed by atoms with E-state index in [1.54, 1.807) is 0 Å². The maximum absolute atomic E-state index is 11.6. The summed E-state index contributed by atoms with van der Waals surface area (Å²) in [5.74, 6) is -3.07. The van der Waals surface area contributed by atoms with Gasteiger partial charge in [-0.25, -0.2) is 0 Å². The van der Waals surface area contributed by atoms with E-state index in [9.17, 15) is 19.2 Å². The Morgan fingerprint density at radius 2 is 2.00 bits per heavy atom. The summed E-state index contributed by atoms with van der Waals surface area (Å²) in [4.78, 5) is 45.6. The average molecular weight is 228 g/mol. The second-order valence-corrected chi connectivity index (χ2v) is 3.57. The summed E-state index contributed by atoms with van der Waals surface area (Å²) in [6.07, 6.45) is -0.579. The lowest BCUT2D eigenvalue weighted by Crippen LogP contribution is -2.64. The van der Waals surface area contributed by atoms with E-state index in [4.69, 9.17) is 5.11 Å². The van der Waals surface area contributed by atoms with Crippen molar-refractivity contribution < 1.29 is 24.3 Å². The van der Waals surface area contributed by atoms with Gasteiger partial charge in [0.2, 0.25) is 11.8 Å². The first-order valence-electron chi connectivity index (χ1n) is 4.70. The fourth-order valence-electron chi connectivity index (χ4n) is 1.57. The Hall–Kier alpha value is -1.92. The zero-order chi connectivity index (χ0) is 12.5. The Morgan fingerprint density at radius 1 is 1.44 bits per heavy atom. The highest BCUT2D eigenvalue weighted by atomic mass is 16.4. The van der Waals surface area contributed by atoms with Crippen LogP contribution in [0.4, 0.5) is 0 Å². The third kappa shape index (κ3) is 2.18. The fraction of sp³-hybridized carbons (Fsp3) is 0.556. The maximum Gasteiger partial charge on any atom is 0.306 e. The minimum Gasteiger partial charge on any atom is -0.481 e. The molecule has 0 aliphatic carbocycles. The number of nitrogens with zero attached hydrogens (tertiary/aromatic N) is 1. The predicted molar refractivity (Wildman–Crippen MR) is 51.2 cm³/mol. The molecule has 88 valence electrons. The number of hydrogen-bond acceptors (Lipinski definition) is 4. The van der Waals surface area contributed by atoms with Gasteiger partial charge in [0.25, 0.3) is 5.91 Å². The molecule has 16 heavy (non-hydrogen) atoms. The molecule has 0 bridgehead atoms. The van der Waals surface area contributed by atoms with Gasteiger partial charge in [0.05, 0.1) is 6.42 Å². The molecule has 0 aromatic carbocycles. The summed E-state index contributed by atoms with van der Waals surface area (Å²) < 4.78 is 0. The van der Waals surface area contributed by atoms with Crippen molar-refractivity contribution in [2.24, 2.45) is 0 Å². The van der Waals surface area contributed by atoms with Crippen LogP contribution in [-0.4, -0.2) is 45.8 Å². The molecule has 2 N–H and O–H groups in total. The van der Waals surface area contributed by atoms with Crippen LogP contribution in [0.2, 0.25) is 0 Å². The highest BCUT2D eigenvalue weighted by molar-refractivity contribution is 6.06. The van der Waals surface area contributed by atoms with Crippen molar-refractivity contribution in [2.45, 2.75) is 32.4 Å². The number of aliphatic carboxylic acids is 1. The molecule has 1 aliphatic heterocycles. The molecule has 0 spiro atoms. The minimum absolute atomic E-state index is 0.579. The molecule has 1 saturated heterocycles. The normalized spacial score (nSPS) is 25.2. The van der Waals surface area contributed by atoms with Gasteiger partial charge in [-0.1, -0.05) is 0 Å². The molecule has 3 amide bonds. The summed E-state index contributed by atoms with van der Waals surface area (Å²) in [6.45, 7) is 2.56.